The summed E-state index contributed by atoms with van der Waals surface area (Å²) in [6.07, 6.45) is 6.39. The van der Waals surface area contributed by atoms with Gasteiger partial charge in [0.2, 0.25) is 5.91 Å². The molecule has 10 nitrogen and oxygen atoms in total. The number of hydrogen-bond acceptors (Lipinski definition) is 9. The number of carbonyl (C=O) groups is 1. The maximum atomic E-state index is 11.9. The Morgan fingerprint density at radius 2 is 0.824 bits per heavy atom. The number of fused-ring (bicyclic) bond motifs is 3. The van der Waals surface area contributed by atoms with Crippen LogP contribution in [0.4, 0.5) is 11.6 Å². The standard InChI is InChI=1S/C22H20Cl2N4O.C20H19Cl2N3.C8H2Cl4N2/c1-2-21(29)27-8-10-28(11-9-27)22-17-14-19(24)18(23)13-16(17)20(25-26-22)12-15-6-4-3-5-7-15;21-17-12-15-16(13-18(17)22)20(25-9-5-2-6-10-25)24-23-19(15)11-14-7-3-1-4-8-14;9-5-1-3-4(2-6(5)10)8(12)14-13-7(3)11/h2-7,13-14H,1,8-12H2;1,3-4,7-8,12-13H,2,5-6,9-11H2;1-2H. The molecule has 0 saturated carbocycles. The van der Waals surface area contributed by atoms with Crippen molar-refractivity contribution in [2.24, 2.45) is 0 Å². The molecule has 3 aromatic heterocycles. The van der Waals surface area contributed by atoms with Gasteiger partial charge in [-0.3, -0.25) is 4.79 Å². The highest BCUT2D eigenvalue weighted by Gasteiger charge is 2.24. The van der Waals surface area contributed by atoms with E-state index in [4.69, 9.17) is 92.8 Å². The third kappa shape index (κ3) is 11.6. The van der Waals surface area contributed by atoms with Gasteiger partial charge in [-0.05, 0) is 72.9 Å². The van der Waals surface area contributed by atoms with E-state index in [-0.39, 0.29) is 16.2 Å². The van der Waals surface area contributed by atoms with Crippen molar-refractivity contribution >= 4 is 143 Å². The van der Waals surface area contributed by atoms with Crippen molar-refractivity contribution in [1.82, 2.24) is 35.5 Å². The monoisotopic (exact) mass is 1060 g/mol. The lowest BCUT2D eigenvalue weighted by molar-refractivity contribution is -0.126. The minimum Gasteiger partial charge on any atom is -0.355 e. The van der Waals surface area contributed by atoms with Crippen LogP contribution in [0.2, 0.25) is 40.4 Å². The number of benzene rings is 5. The van der Waals surface area contributed by atoms with Crippen LogP contribution in [-0.4, -0.2) is 80.7 Å². The van der Waals surface area contributed by atoms with Gasteiger partial charge in [0.15, 0.2) is 21.9 Å². The van der Waals surface area contributed by atoms with Gasteiger partial charge in [-0.25, -0.2) is 0 Å². The predicted molar refractivity (Wildman–Crippen MR) is 282 cm³/mol. The number of piperidine rings is 1. The number of rotatable bonds is 7. The van der Waals surface area contributed by atoms with E-state index in [0.29, 0.717) is 73.5 Å². The van der Waals surface area contributed by atoms with E-state index in [0.717, 1.165) is 69.6 Å². The number of carbonyl (C=O) groups excluding carboxylic acids is 1. The van der Waals surface area contributed by atoms with Gasteiger partial charge in [-0.1, -0.05) is 160 Å². The number of aromatic nitrogens is 6. The molecule has 0 aliphatic carbocycles. The molecule has 10 rings (SSSR count). The predicted octanol–water partition coefficient (Wildman–Crippen LogP) is 14.1. The van der Waals surface area contributed by atoms with Crippen molar-refractivity contribution < 1.29 is 4.79 Å². The van der Waals surface area contributed by atoms with Crippen LogP contribution in [0.3, 0.4) is 0 Å². The largest absolute Gasteiger partial charge is 0.355 e. The van der Waals surface area contributed by atoms with Crippen LogP contribution in [0.15, 0.2) is 110 Å². The molecule has 2 fully saturated rings. The Balaban J connectivity index is 0.000000146. The summed E-state index contributed by atoms with van der Waals surface area (Å²) in [4.78, 5) is 18.1. The molecule has 8 aromatic rings. The molecule has 0 N–H and O–H groups in total. The lowest BCUT2D eigenvalue weighted by atomic mass is 10.0. The van der Waals surface area contributed by atoms with Crippen molar-refractivity contribution in [1.29, 1.82) is 0 Å². The second-order valence-electron chi connectivity index (χ2n) is 16.0. The van der Waals surface area contributed by atoms with Gasteiger partial charge in [0, 0.05) is 84.4 Å². The second kappa shape index (κ2) is 22.8. The Hall–Kier alpha value is -4.75. The number of nitrogens with zero attached hydrogens (tertiary/aromatic N) is 9. The van der Waals surface area contributed by atoms with Gasteiger partial charge >= 0.3 is 0 Å². The summed E-state index contributed by atoms with van der Waals surface area (Å²) in [7, 11) is 0. The Labute approximate surface area is 433 Å². The van der Waals surface area contributed by atoms with Crippen LogP contribution >= 0.6 is 92.8 Å². The number of hydrogen-bond donors (Lipinski definition) is 0. The van der Waals surface area contributed by atoms with E-state index in [2.05, 4.69) is 71.2 Å². The average Bonchev–Trinajstić information content (AvgIpc) is 3.36. The van der Waals surface area contributed by atoms with Crippen molar-refractivity contribution in [2.75, 3.05) is 49.1 Å². The third-order valence-corrected chi connectivity index (χ3v) is 14.4. The highest BCUT2D eigenvalue weighted by Crippen LogP contribution is 2.37. The highest BCUT2D eigenvalue weighted by atomic mass is 35.5. The first-order valence-electron chi connectivity index (χ1n) is 21.6. The molecule has 2 aliphatic heterocycles. The van der Waals surface area contributed by atoms with Gasteiger partial charge in [0.1, 0.15) is 0 Å². The van der Waals surface area contributed by atoms with E-state index in [9.17, 15) is 4.79 Å². The van der Waals surface area contributed by atoms with Crippen molar-refractivity contribution in [3.63, 3.8) is 0 Å². The molecule has 0 bridgehead atoms. The topological polar surface area (TPSA) is 104 Å². The Morgan fingerprint density at radius 1 is 0.456 bits per heavy atom. The van der Waals surface area contributed by atoms with Crippen LogP contribution < -0.4 is 9.80 Å². The first-order valence-corrected chi connectivity index (χ1v) is 24.6. The zero-order valence-corrected chi connectivity index (χ0v) is 42.3. The molecule has 0 spiro atoms. The number of anilines is 2. The van der Waals surface area contributed by atoms with Crippen LogP contribution in [0, 0.1) is 0 Å². The Kier molecular flexibility index (Phi) is 16.6. The number of halogens is 8. The SMILES string of the molecule is C=CC(=O)N1CCN(c2nnc(Cc3ccccc3)c3cc(Cl)c(Cl)cc23)CC1.Clc1cc2c(Cc3ccccc3)nnc(N3CCCCC3)c2cc1Cl.Clc1cc2c(Cl)nnc(Cl)c2cc1Cl. The fraction of sp³-hybridized carbons (Fsp3) is 0.220. The minimum atomic E-state index is -0.0476. The maximum Gasteiger partial charge on any atom is 0.246 e. The fourth-order valence-electron chi connectivity index (χ4n) is 8.14. The molecule has 5 heterocycles. The fourth-order valence-corrected chi connectivity index (χ4v) is 9.51. The first-order chi connectivity index (χ1) is 32.9. The summed E-state index contributed by atoms with van der Waals surface area (Å²) in [6.45, 7) is 8.15. The number of amides is 1. The van der Waals surface area contributed by atoms with E-state index < -0.39 is 0 Å². The second-order valence-corrected chi connectivity index (χ2v) is 19.2. The Bertz CT molecular complexity index is 3070. The normalized spacial score (nSPS) is 13.8. The van der Waals surface area contributed by atoms with Gasteiger partial charge in [0.25, 0.3) is 0 Å². The van der Waals surface area contributed by atoms with Crippen LogP contribution in [0.25, 0.3) is 32.3 Å². The van der Waals surface area contributed by atoms with Crippen molar-refractivity contribution in [3.8, 4) is 0 Å². The van der Waals surface area contributed by atoms with Gasteiger partial charge in [-0.15, -0.1) is 20.4 Å². The van der Waals surface area contributed by atoms with E-state index in [1.54, 1.807) is 17.0 Å². The molecule has 2 saturated heterocycles. The molecule has 0 unspecified atom stereocenters. The third-order valence-electron chi connectivity index (χ3n) is 11.6. The molecule has 2 aliphatic rings. The molecule has 0 atom stereocenters. The summed E-state index contributed by atoms with van der Waals surface area (Å²) in [5.41, 5.74) is 4.14. The molecular weight excluding hydrogens is 1030 g/mol. The Morgan fingerprint density at radius 3 is 1.22 bits per heavy atom. The van der Waals surface area contributed by atoms with Gasteiger partial charge in [0.05, 0.1) is 41.5 Å². The van der Waals surface area contributed by atoms with Crippen molar-refractivity contribution in [3.05, 3.63) is 173 Å². The molecule has 18 heteroatoms. The molecule has 1 amide bonds. The minimum absolute atomic E-state index is 0.0476. The van der Waals surface area contributed by atoms with Crippen LogP contribution in [0.5, 0.6) is 0 Å². The molecular formula is C50H41Cl8N9O. The summed E-state index contributed by atoms with van der Waals surface area (Å²) >= 11 is 48.6. The van der Waals surface area contributed by atoms with Crippen LogP contribution in [-0.2, 0) is 17.6 Å². The summed E-state index contributed by atoms with van der Waals surface area (Å²) in [6, 6.07) is 31.3. The zero-order valence-electron chi connectivity index (χ0n) is 36.3. The van der Waals surface area contributed by atoms with E-state index in [1.807, 2.05) is 60.7 Å². The summed E-state index contributed by atoms with van der Waals surface area (Å²) in [5, 5.41) is 34.1. The van der Waals surface area contributed by atoms with Gasteiger partial charge < -0.3 is 14.7 Å². The van der Waals surface area contributed by atoms with E-state index >= 15 is 0 Å². The van der Waals surface area contributed by atoms with Gasteiger partial charge in [-0.2, -0.15) is 10.2 Å². The van der Waals surface area contributed by atoms with E-state index in [1.165, 1.54) is 30.9 Å². The summed E-state index contributed by atoms with van der Waals surface area (Å²) in [5.74, 6) is 1.64. The van der Waals surface area contributed by atoms with Crippen LogP contribution in [0.1, 0.15) is 41.8 Å². The highest BCUT2D eigenvalue weighted by molar-refractivity contribution is 6.45. The van der Waals surface area contributed by atoms with Crippen molar-refractivity contribution in [2.45, 2.75) is 32.1 Å². The first kappa shape index (κ1) is 49.7. The molecule has 68 heavy (non-hydrogen) atoms. The smallest absolute Gasteiger partial charge is 0.246 e. The quantitative estimate of drug-likeness (QED) is 0.144. The lowest BCUT2D eigenvalue weighted by Crippen LogP contribution is -2.48. The molecule has 348 valence electrons. The molecule has 0 radical (unpaired) electrons. The number of piperazine rings is 1. The maximum absolute atomic E-state index is 11.9. The molecule has 5 aromatic carbocycles. The average molecular weight is 1070 g/mol. The summed E-state index contributed by atoms with van der Waals surface area (Å²) < 4.78 is 0. The zero-order chi connectivity index (χ0) is 47.9. The lowest BCUT2D eigenvalue weighted by Gasteiger charge is -2.35.